The number of rotatable bonds is 4. The minimum Gasteiger partial charge on any atom is -0.469 e. The van der Waals surface area contributed by atoms with Gasteiger partial charge in [-0.2, -0.15) is 0 Å². The predicted octanol–water partition coefficient (Wildman–Crippen LogP) is -0.437. The summed E-state index contributed by atoms with van der Waals surface area (Å²) in [6, 6.07) is 0.284. The molecule has 2 fully saturated rings. The van der Waals surface area contributed by atoms with E-state index < -0.39 is 16.0 Å². The van der Waals surface area contributed by atoms with E-state index in [1.165, 1.54) is 11.4 Å². The number of ether oxygens (including phenoxy) is 1. The molecule has 104 valence electrons. The molecular formula is C11H20N2O4S. The molecule has 2 aliphatic heterocycles. The van der Waals surface area contributed by atoms with Crippen LogP contribution >= 0.6 is 0 Å². The van der Waals surface area contributed by atoms with Crippen molar-refractivity contribution in [1.82, 2.24) is 9.62 Å². The Morgan fingerprint density at radius 2 is 2.22 bits per heavy atom. The van der Waals surface area contributed by atoms with E-state index in [4.69, 9.17) is 0 Å². The Hall–Kier alpha value is -0.660. The zero-order valence-electron chi connectivity index (χ0n) is 10.6. The number of hydrogen-bond donors (Lipinski definition) is 1. The maximum atomic E-state index is 12.1. The topological polar surface area (TPSA) is 75.7 Å². The van der Waals surface area contributed by atoms with Gasteiger partial charge in [0, 0.05) is 19.1 Å². The van der Waals surface area contributed by atoms with Crippen LogP contribution in [0.2, 0.25) is 0 Å². The Morgan fingerprint density at radius 3 is 2.89 bits per heavy atom. The van der Waals surface area contributed by atoms with Gasteiger partial charge in [0.25, 0.3) is 0 Å². The number of carbonyl (C=O) groups is 1. The maximum Gasteiger partial charge on any atom is 0.306 e. The van der Waals surface area contributed by atoms with Gasteiger partial charge in [0.2, 0.25) is 10.0 Å². The van der Waals surface area contributed by atoms with Crippen molar-refractivity contribution in [3.8, 4) is 0 Å². The molecule has 0 aromatic rings. The number of nitrogens with zero attached hydrogens (tertiary/aromatic N) is 1. The molecule has 2 saturated heterocycles. The quantitative estimate of drug-likeness (QED) is 0.705. The largest absolute Gasteiger partial charge is 0.469 e. The zero-order chi connectivity index (χ0) is 13.2. The van der Waals surface area contributed by atoms with E-state index in [2.05, 4.69) is 10.1 Å². The predicted molar refractivity (Wildman–Crippen MR) is 66.5 cm³/mol. The number of fused-ring (bicyclic) bond motifs is 1. The summed E-state index contributed by atoms with van der Waals surface area (Å²) < 4.78 is 30.2. The van der Waals surface area contributed by atoms with Gasteiger partial charge in [-0.05, 0) is 25.3 Å². The minimum absolute atomic E-state index is 0.0713. The van der Waals surface area contributed by atoms with E-state index in [1.807, 2.05) is 0 Å². The molecule has 2 heterocycles. The van der Waals surface area contributed by atoms with E-state index in [0.29, 0.717) is 19.0 Å². The molecule has 2 aliphatic rings. The van der Waals surface area contributed by atoms with Gasteiger partial charge < -0.3 is 10.1 Å². The van der Waals surface area contributed by atoms with Crippen molar-refractivity contribution in [3.05, 3.63) is 0 Å². The smallest absolute Gasteiger partial charge is 0.306 e. The highest BCUT2D eigenvalue weighted by Gasteiger charge is 2.39. The Kier molecular flexibility index (Phi) is 4.24. The van der Waals surface area contributed by atoms with Gasteiger partial charge in [0.05, 0.1) is 19.3 Å². The first-order valence-electron chi connectivity index (χ1n) is 6.31. The average Bonchev–Trinajstić information content (AvgIpc) is 2.80. The fourth-order valence-corrected chi connectivity index (χ4v) is 4.17. The summed E-state index contributed by atoms with van der Waals surface area (Å²) in [7, 11) is -2.06. The zero-order valence-corrected chi connectivity index (χ0v) is 11.4. The van der Waals surface area contributed by atoms with Gasteiger partial charge in [-0.1, -0.05) is 0 Å². The van der Waals surface area contributed by atoms with Crippen molar-refractivity contribution in [3.63, 3.8) is 0 Å². The molecular weight excluding hydrogens is 256 g/mol. The first kappa shape index (κ1) is 13.8. The lowest BCUT2D eigenvalue weighted by Crippen LogP contribution is -2.41. The molecule has 0 aromatic heterocycles. The van der Waals surface area contributed by atoms with Crippen LogP contribution in [0.1, 0.15) is 19.3 Å². The monoisotopic (exact) mass is 276 g/mol. The van der Waals surface area contributed by atoms with Crippen molar-refractivity contribution in [1.29, 1.82) is 0 Å². The minimum atomic E-state index is -3.33. The molecule has 2 rings (SSSR count). The standard InChI is InChI=1S/C11H20N2O4S/c1-17-11(14)4-6-18(15,16)13-7-9-3-2-5-12-10(9)8-13/h9-10,12H,2-8H2,1H3. The lowest BCUT2D eigenvalue weighted by atomic mass is 9.94. The van der Waals surface area contributed by atoms with Crippen LogP contribution in [0, 0.1) is 5.92 Å². The molecule has 1 N–H and O–H groups in total. The highest BCUT2D eigenvalue weighted by Crippen LogP contribution is 2.27. The summed E-state index contributed by atoms with van der Waals surface area (Å²) in [6.07, 6.45) is 2.12. The van der Waals surface area contributed by atoms with E-state index in [9.17, 15) is 13.2 Å². The Labute approximate surface area is 108 Å². The van der Waals surface area contributed by atoms with E-state index >= 15 is 0 Å². The lowest BCUT2D eigenvalue weighted by molar-refractivity contribution is -0.140. The molecule has 2 atom stereocenters. The van der Waals surface area contributed by atoms with Crippen LogP contribution in [0.25, 0.3) is 0 Å². The van der Waals surface area contributed by atoms with Gasteiger partial charge in [-0.3, -0.25) is 4.79 Å². The highest BCUT2D eigenvalue weighted by molar-refractivity contribution is 7.89. The summed E-state index contributed by atoms with van der Waals surface area (Å²) in [6.45, 7) is 2.09. The van der Waals surface area contributed by atoms with Gasteiger partial charge >= 0.3 is 5.97 Å². The fraction of sp³-hybridized carbons (Fsp3) is 0.909. The number of carbonyl (C=O) groups excluding carboxylic acids is 1. The van der Waals surface area contributed by atoms with Crippen LogP contribution in [0.3, 0.4) is 0 Å². The van der Waals surface area contributed by atoms with E-state index in [1.54, 1.807) is 0 Å². The van der Waals surface area contributed by atoms with Crippen molar-refractivity contribution in [2.24, 2.45) is 5.92 Å². The molecule has 0 aromatic carbocycles. The number of hydrogen-bond acceptors (Lipinski definition) is 5. The molecule has 2 unspecified atom stereocenters. The third kappa shape index (κ3) is 3.02. The second-order valence-electron chi connectivity index (χ2n) is 4.92. The van der Waals surface area contributed by atoms with Crippen LogP contribution in [0.5, 0.6) is 0 Å². The third-order valence-electron chi connectivity index (χ3n) is 3.75. The van der Waals surface area contributed by atoms with Crippen LogP contribution < -0.4 is 5.32 Å². The molecule has 0 spiro atoms. The van der Waals surface area contributed by atoms with Gasteiger partial charge in [0.1, 0.15) is 0 Å². The van der Waals surface area contributed by atoms with Gasteiger partial charge in [0.15, 0.2) is 0 Å². The summed E-state index contributed by atoms with van der Waals surface area (Å²) in [5.41, 5.74) is 0. The SMILES string of the molecule is COC(=O)CCS(=O)(=O)N1CC2CCCNC2C1. The van der Waals surface area contributed by atoms with Gasteiger partial charge in [-0.25, -0.2) is 12.7 Å². The molecule has 0 radical (unpaired) electrons. The molecule has 0 saturated carbocycles. The second kappa shape index (κ2) is 5.54. The van der Waals surface area contributed by atoms with Gasteiger partial charge in [-0.15, -0.1) is 0 Å². The number of methoxy groups -OCH3 is 1. The fourth-order valence-electron chi connectivity index (χ4n) is 2.68. The maximum absolute atomic E-state index is 12.1. The summed E-state index contributed by atoms with van der Waals surface area (Å²) >= 11 is 0. The van der Waals surface area contributed by atoms with Crippen LogP contribution in [-0.4, -0.2) is 57.2 Å². The lowest BCUT2D eigenvalue weighted by Gasteiger charge is -2.24. The van der Waals surface area contributed by atoms with Crippen molar-refractivity contribution in [2.45, 2.75) is 25.3 Å². The molecule has 18 heavy (non-hydrogen) atoms. The number of piperidine rings is 1. The molecule has 0 amide bonds. The van der Waals surface area contributed by atoms with Crippen LogP contribution in [-0.2, 0) is 19.6 Å². The molecule has 6 nitrogen and oxygen atoms in total. The first-order chi connectivity index (χ1) is 8.53. The van der Waals surface area contributed by atoms with Crippen molar-refractivity contribution in [2.75, 3.05) is 32.5 Å². The first-order valence-corrected chi connectivity index (χ1v) is 7.92. The third-order valence-corrected chi connectivity index (χ3v) is 5.56. The van der Waals surface area contributed by atoms with Crippen LogP contribution in [0.4, 0.5) is 0 Å². The van der Waals surface area contributed by atoms with Crippen LogP contribution in [0.15, 0.2) is 0 Å². The normalized spacial score (nSPS) is 28.9. The Balaban J connectivity index is 1.92. The average molecular weight is 276 g/mol. The Morgan fingerprint density at radius 1 is 1.44 bits per heavy atom. The number of sulfonamides is 1. The summed E-state index contributed by atoms with van der Waals surface area (Å²) in [5.74, 6) is -0.209. The number of nitrogens with one attached hydrogen (secondary N) is 1. The summed E-state index contributed by atoms with van der Waals surface area (Å²) in [5, 5.41) is 3.36. The molecule has 0 aliphatic carbocycles. The molecule has 7 heteroatoms. The Bertz CT molecular complexity index is 395. The van der Waals surface area contributed by atoms with Crippen molar-refractivity contribution >= 4 is 16.0 Å². The second-order valence-corrected chi connectivity index (χ2v) is 7.01. The summed E-state index contributed by atoms with van der Waals surface area (Å²) in [4.78, 5) is 11.0. The van der Waals surface area contributed by atoms with E-state index in [-0.39, 0.29) is 18.2 Å². The van der Waals surface area contributed by atoms with Crippen molar-refractivity contribution < 1.29 is 17.9 Å². The molecule has 0 bridgehead atoms. The van der Waals surface area contributed by atoms with E-state index in [0.717, 1.165) is 19.4 Å². The highest BCUT2D eigenvalue weighted by atomic mass is 32.2. The number of esters is 1.